The molecule has 3 N–H and O–H groups in total. The summed E-state index contributed by atoms with van der Waals surface area (Å²) in [6, 6.07) is 14.4. The summed E-state index contributed by atoms with van der Waals surface area (Å²) in [6.07, 6.45) is -1.05. The van der Waals surface area contributed by atoms with Gasteiger partial charge in [0.1, 0.15) is 18.5 Å². The van der Waals surface area contributed by atoms with E-state index in [0.717, 1.165) is 5.56 Å². The Morgan fingerprint density at radius 1 is 1.11 bits per heavy atom. The quantitative estimate of drug-likeness (QED) is 0.611. The molecule has 1 amide bonds. The first-order chi connectivity index (χ1) is 13.0. The maximum absolute atomic E-state index is 12.1. The second kappa shape index (κ2) is 8.13. The van der Waals surface area contributed by atoms with Crippen LogP contribution in [0.15, 0.2) is 59.4 Å². The number of para-hydroxylation sites is 1. The molecule has 3 rings (SSSR count). The van der Waals surface area contributed by atoms with Gasteiger partial charge in [0.05, 0.1) is 10.9 Å². The fraction of sp³-hybridized carbons (Fsp3) is 0.158. The monoisotopic (exact) mass is 367 g/mol. The number of aromatic nitrogens is 2. The van der Waals surface area contributed by atoms with Crippen molar-refractivity contribution in [2.24, 2.45) is 0 Å². The summed E-state index contributed by atoms with van der Waals surface area (Å²) < 4.78 is 5.03. The number of alkyl carbamates (subject to hydrolysis) is 1. The number of hydrogen-bond acceptors (Lipinski definition) is 5. The molecule has 1 atom stereocenters. The first-order valence-electron chi connectivity index (χ1n) is 8.21. The summed E-state index contributed by atoms with van der Waals surface area (Å²) in [7, 11) is 0. The Hall–Kier alpha value is -3.68. The zero-order valence-electron chi connectivity index (χ0n) is 14.2. The number of hydrogen-bond donors (Lipinski definition) is 3. The molecular formula is C19H17N3O5. The molecule has 1 aromatic heterocycles. The molecule has 0 radical (unpaired) electrons. The molecule has 0 aliphatic carbocycles. The number of aliphatic carboxylic acids is 1. The van der Waals surface area contributed by atoms with Crippen LogP contribution in [-0.2, 0) is 22.6 Å². The molecule has 138 valence electrons. The average Bonchev–Trinajstić information content (AvgIpc) is 2.67. The van der Waals surface area contributed by atoms with E-state index in [1.54, 1.807) is 48.5 Å². The highest BCUT2D eigenvalue weighted by atomic mass is 16.5. The number of nitrogens with zero attached hydrogens (tertiary/aromatic N) is 1. The van der Waals surface area contributed by atoms with E-state index in [2.05, 4.69) is 15.3 Å². The number of carbonyl (C=O) groups excluding carboxylic acids is 1. The van der Waals surface area contributed by atoms with E-state index in [4.69, 9.17) is 4.74 Å². The summed E-state index contributed by atoms with van der Waals surface area (Å²) in [5.41, 5.74) is 0.860. The molecule has 8 nitrogen and oxygen atoms in total. The molecule has 0 fully saturated rings. The number of carbonyl (C=O) groups is 2. The predicted octanol–water partition coefficient (Wildman–Crippen LogP) is 1.85. The van der Waals surface area contributed by atoms with Crippen LogP contribution in [0.2, 0.25) is 0 Å². The van der Waals surface area contributed by atoms with Gasteiger partial charge in [-0.3, -0.25) is 4.79 Å². The molecule has 0 saturated heterocycles. The molecule has 0 bridgehead atoms. The molecular weight excluding hydrogens is 350 g/mol. The van der Waals surface area contributed by atoms with E-state index >= 15 is 0 Å². The molecule has 1 heterocycles. The lowest BCUT2D eigenvalue weighted by Gasteiger charge is -2.14. The number of benzene rings is 2. The average molecular weight is 367 g/mol. The van der Waals surface area contributed by atoms with Crippen molar-refractivity contribution in [2.45, 2.75) is 19.1 Å². The van der Waals surface area contributed by atoms with Crippen molar-refractivity contribution >= 4 is 23.0 Å². The highest BCUT2D eigenvalue weighted by molar-refractivity contribution is 5.80. The largest absolute Gasteiger partial charge is 0.480 e. The van der Waals surface area contributed by atoms with Gasteiger partial charge in [-0.05, 0) is 17.7 Å². The van der Waals surface area contributed by atoms with E-state index in [1.165, 1.54) is 0 Å². The molecule has 27 heavy (non-hydrogen) atoms. The Kier molecular flexibility index (Phi) is 5.46. The number of H-pyrrole nitrogens is 1. The zero-order chi connectivity index (χ0) is 19.2. The Balaban J connectivity index is 1.68. The highest BCUT2D eigenvalue weighted by Gasteiger charge is 2.22. The third-order valence-corrected chi connectivity index (χ3v) is 3.86. The number of aromatic amines is 1. The van der Waals surface area contributed by atoms with Gasteiger partial charge in [0.25, 0.3) is 5.56 Å². The number of rotatable bonds is 6. The molecule has 0 spiro atoms. The van der Waals surface area contributed by atoms with Crippen LogP contribution in [0, 0.1) is 0 Å². The fourth-order valence-electron chi connectivity index (χ4n) is 2.53. The van der Waals surface area contributed by atoms with Crippen molar-refractivity contribution in [3.05, 3.63) is 76.3 Å². The number of carboxylic acid groups (broad SMARTS) is 1. The van der Waals surface area contributed by atoms with Crippen molar-refractivity contribution < 1.29 is 19.4 Å². The lowest BCUT2D eigenvalue weighted by atomic mass is 10.2. The van der Waals surface area contributed by atoms with Gasteiger partial charge >= 0.3 is 12.1 Å². The van der Waals surface area contributed by atoms with Crippen LogP contribution in [0.25, 0.3) is 10.9 Å². The maximum atomic E-state index is 12.1. The Morgan fingerprint density at radius 3 is 2.56 bits per heavy atom. The van der Waals surface area contributed by atoms with E-state index in [0.29, 0.717) is 10.9 Å². The number of ether oxygens (including phenoxy) is 1. The molecule has 8 heteroatoms. The van der Waals surface area contributed by atoms with Gasteiger partial charge in [-0.25, -0.2) is 14.6 Å². The van der Waals surface area contributed by atoms with Crippen molar-refractivity contribution in [2.75, 3.05) is 0 Å². The Labute approximate surface area is 153 Å². The van der Waals surface area contributed by atoms with Gasteiger partial charge in [-0.15, -0.1) is 0 Å². The van der Waals surface area contributed by atoms with Crippen LogP contribution < -0.4 is 10.9 Å². The fourth-order valence-corrected chi connectivity index (χ4v) is 2.53. The highest BCUT2D eigenvalue weighted by Crippen LogP contribution is 2.07. The minimum atomic E-state index is -1.29. The number of nitrogens with one attached hydrogen (secondary N) is 2. The summed E-state index contributed by atoms with van der Waals surface area (Å²) in [5, 5.41) is 12.0. The van der Waals surface area contributed by atoms with Crippen molar-refractivity contribution in [3.63, 3.8) is 0 Å². The first kappa shape index (κ1) is 18.1. The van der Waals surface area contributed by atoms with Crippen LogP contribution >= 0.6 is 0 Å². The lowest BCUT2D eigenvalue weighted by molar-refractivity contribution is -0.139. The topological polar surface area (TPSA) is 121 Å². The van der Waals surface area contributed by atoms with E-state index in [-0.39, 0.29) is 24.4 Å². The molecule has 0 saturated carbocycles. The normalized spacial score (nSPS) is 11.7. The smallest absolute Gasteiger partial charge is 0.408 e. The second-order valence-corrected chi connectivity index (χ2v) is 5.83. The number of carboxylic acids is 1. The summed E-state index contributed by atoms with van der Waals surface area (Å²) in [6.45, 7) is 0.0179. The SMILES string of the molecule is O=C(NC(Cc1nc2ccccc2c(=O)[nH]1)C(=O)O)OCc1ccccc1. The lowest BCUT2D eigenvalue weighted by Crippen LogP contribution is -2.43. The summed E-state index contributed by atoms with van der Waals surface area (Å²) in [4.78, 5) is 42.3. The van der Waals surface area contributed by atoms with Gasteiger partial charge in [0.15, 0.2) is 0 Å². The van der Waals surface area contributed by atoms with E-state index in [9.17, 15) is 19.5 Å². The van der Waals surface area contributed by atoms with Crippen molar-refractivity contribution in [3.8, 4) is 0 Å². The van der Waals surface area contributed by atoms with Crippen molar-refractivity contribution in [1.29, 1.82) is 0 Å². The minimum Gasteiger partial charge on any atom is -0.480 e. The molecule has 2 aromatic carbocycles. The molecule has 3 aromatic rings. The number of amides is 1. The minimum absolute atomic E-state index is 0.0179. The number of fused-ring (bicyclic) bond motifs is 1. The van der Waals surface area contributed by atoms with Crippen molar-refractivity contribution in [1.82, 2.24) is 15.3 Å². The van der Waals surface area contributed by atoms with E-state index < -0.39 is 18.1 Å². The Morgan fingerprint density at radius 2 is 1.81 bits per heavy atom. The second-order valence-electron chi connectivity index (χ2n) is 5.83. The standard InChI is InChI=1S/C19H17N3O5/c23-17-13-8-4-5-9-14(13)20-16(22-17)10-15(18(24)25)21-19(26)27-11-12-6-2-1-3-7-12/h1-9,15H,10-11H2,(H,21,26)(H,24,25)(H,20,22,23). The van der Waals surface area contributed by atoms with Gasteiger partial charge < -0.3 is 20.1 Å². The molecule has 1 unspecified atom stereocenters. The third kappa shape index (κ3) is 4.69. The van der Waals surface area contributed by atoms with Crippen LogP contribution in [0.4, 0.5) is 4.79 Å². The van der Waals surface area contributed by atoms with Gasteiger partial charge in [-0.2, -0.15) is 0 Å². The first-order valence-corrected chi connectivity index (χ1v) is 8.21. The summed E-state index contributed by atoms with van der Waals surface area (Å²) >= 11 is 0. The zero-order valence-corrected chi connectivity index (χ0v) is 14.2. The van der Waals surface area contributed by atoms with Crippen LogP contribution in [0.3, 0.4) is 0 Å². The van der Waals surface area contributed by atoms with Crippen LogP contribution in [-0.4, -0.2) is 33.2 Å². The summed E-state index contributed by atoms with van der Waals surface area (Å²) in [5.74, 6) is -1.10. The van der Waals surface area contributed by atoms with E-state index in [1.807, 2.05) is 6.07 Å². The van der Waals surface area contributed by atoms with Gasteiger partial charge in [-0.1, -0.05) is 42.5 Å². The third-order valence-electron chi connectivity index (χ3n) is 3.86. The van der Waals surface area contributed by atoms with Gasteiger partial charge in [0, 0.05) is 6.42 Å². The molecule has 0 aliphatic heterocycles. The van der Waals surface area contributed by atoms with Gasteiger partial charge in [0.2, 0.25) is 0 Å². The maximum Gasteiger partial charge on any atom is 0.408 e. The van der Waals surface area contributed by atoms with Crippen LogP contribution in [0.5, 0.6) is 0 Å². The van der Waals surface area contributed by atoms with Crippen LogP contribution in [0.1, 0.15) is 11.4 Å². The predicted molar refractivity (Wildman–Crippen MR) is 97.3 cm³/mol. The Bertz CT molecular complexity index is 1020. The molecule has 0 aliphatic rings.